The fourth-order valence-corrected chi connectivity index (χ4v) is 3.09. The van der Waals surface area contributed by atoms with Crippen LogP contribution in [0.5, 0.6) is 0 Å². The second-order valence-corrected chi connectivity index (χ2v) is 6.15. The number of nitrogens with one attached hydrogen (secondary N) is 1. The van der Waals surface area contributed by atoms with Crippen molar-refractivity contribution in [3.8, 4) is 0 Å². The lowest BCUT2D eigenvalue weighted by molar-refractivity contribution is -0.114. The average Bonchev–Trinajstić information content (AvgIpc) is 2.00. The summed E-state index contributed by atoms with van der Waals surface area (Å²) in [7, 11) is -3.42. The molecule has 0 unspecified atom stereocenters. The highest BCUT2D eigenvalue weighted by atomic mass is 127. The molecule has 1 aliphatic rings. The van der Waals surface area contributed by atoms with Gasteiger partial charge in [0.25, 0.3) is 0 Å². The molecule has 74 valence electrons. The number of sulfone groups is 1. The standard InChI is InChI=1S/C8H6INO3S/c9-5-1-2-7-6(3-5)10-8(11)4-14(7,12)13/h1-3H,4H2,(H,10,11). The monoisotopic (exact) mass is 323 g/mol. The Labute approximate surface area is 94.8 Å². The Kier molecular flexibility index (Phi) is 2.26. The zero-order chi connectivity index (χ0) is 10.3. The first-order valence-electron chi connectivity index (χ1n) is 3.81. The molecule has 2 rings (SSSR count). The lowest BCUT2D eigenvalue weighted by Gasteiger charge is -2.16. The van der Waals surface area contributed by atoms with Gasteiger partial charge in [-0.1, -0.05) is 0 Å². The lowest BCUT2D eigenvalue weighted by Crippen LogP contribution is -2.29. The van der Waals surface area contributed by atoms with Gasteiger partial charge in [-0.05, 0) is 40.8 Å². The third-order valence-corrected chi connectivity index (χ3v) is 4.21. The quantitative estimate of drug-likeness (QED) is 0.725. The summed E-state index contributed by atoms with van der Waals surface area (Å²) in [6.45, 7) is 0. The molecular formula is C8H6INO3S. The van der Waals surface area contributed by atoms with E-state index in [9.17, 15) is 13.2 Å². The Balaban J connectivity index is 2.69. The molecule has 1 aliphatic heterocycles. The normalized spacial score (nSPS) is 18.5. The van der Waals surface area contributed by atoms with Gasteiger partial charge in [-0.2, -0.15) is 0 Å². The zero-order valence-electron chi connectivity index (χ0n) is 6.95. The van der Waals surface area contributed by atoms with E-state index in [1.807, 2.05) is 0 Å². The van der Waals surface area contributed by atoms with E-state index in [0.717, 1.165) is 3.57 Å². The van der Waals surface area contributed by atoms with Gasteiger partial charge in [0.2, 0.25) is 5.91 Å². The van der Waals surface area contributed by atoms with Crippen LogP contribution in [0.25, 0.3) is 0 Å². The van der Waals surface area contributed by atoms with Crippen molar-refractivity contribution in [2.45, 2.75) is 4.90 Å². The molecule has 0 spiro atoms. The van der Waals surface area contributed by atoms with Crippen LogP contribution in [-0.2, 0) is 14.6 Å². The minimum atomic E-state index is -3.42. The molecule has 1 aromatic rings. The van der Waals surface area contributed by atoms with E-state index >= 15 is 0 Å². The number of hydrogen-bond donors (Lipinski definition) is 1. The van der Waals surface area contributed by atoms with Gasteiger partial charge in [-0.3, -0.25) is 4.79 Å². The maximum absolute atomic E-state index is 11.5. The highest BCUT2D eigenvalue weighted by Gasteiger charge is 2.28. The summed E-state index contributed by atoms with van der Waals surface area (Å²) in [5.74, 6) is -0.930. The van der Waals surface area contributed by atoms with Crippen LogP contribution in [0.2, 0.25) is 0 Å². The molecular weight excluding hydrogens is 317 g/mol. The Morgan fingerprint density at radius 3 is 2.79 bits per heavy atom. The van der Waals surface area contributed by atoms with E-state index in [1.165, 1.54) is 6.07 Å². The molecule has 1 amide bonds. The largest absolute Gasteiger partial charge is 0.324 e. The van der Waals surface area contributed by atoms with E-state index in [2.05, 4.69) is 27.9 Å². The zero-order valence-corrected chi connectivity index (χ0v) is 9.92. The molecule has 0 bridgehead atoms. The number of carbonyl (C=O) groups is 1. The van der Waals surface area contributed by atoms with E-state index < -0.39 is 21.5 Å². The van der Waals surface area contributed by atoms with Gasteiger partial charge in [0.05, 0.1) is 10.6 Å². The summed E-state index contributed by atoms with van der Waals surface area (Å²) in [5.41, 5.74) is 0.383. The van der Waals surface area contributed by atoms with Crippen molar-refractivity contribution in [1.29, 1.82) is 0 Å². The third-order valence-electron chi connectivity index (χ3n) is 1.87. The van der Waals surface area contributed by atoms with Crippen LogP contribution in [0, 0.1) is 3.57 Å². The van der Waals surface area contributed by atoms with Crippen molar-refractivity contribution < 1.29 is 13.2 Å². The highest BCUT2D eigenvalue weighted by molar-refractivity contribution is 14.1. The van der Waals surface area contributed by atoms with Crippen LogP contribution in [0.3, 0.4) is 0 Å². The van der Waals surface area contributed by atoms with Gasteiger partial charge in [0.1, 0.15) is 5.75 Å². The smallest absolute Gasteiger partial charge is 0.239 e. The minimum absolute atomic E-state index is 0.206. The van der Waals surface area contributed by atoms with Crippen molar-refractivity contribution in [2.24, 2.45) is 0 Å². The predicted molar refractivity (Wildman–Crippen MR) is 59.8 cm³/mol. The maximum atomic E-state index is 11.5. The second-order valence-electron chi connectivity index (χ2n) is 2.95. The molecule has 0 radical (unpaired) electrons. The predicted octanol–water partition coefficient (Wildman–Crippen LogP) is 1.02. The highest BCUT2D eigenvalue weighted by Crippen LogP contribution is 2.27. The number of anilines is 1. The van der Waals surface area contributed by atoms with E-state index in [1.54, 1.807) is 12.1 Å². The molecule has 1 N–H and O–H groups in total. The molecule has 0 fully saturated rings. The summed E-state index contributed by atoms with van der Waals surface area (Å²) >= 11 is 2.06. The molecule has 0 atom stereocenters. The van der Waals surface area contributed by atoms with E-state index in [0.29, 0.717) is 5.69 Å². The third kappa shape index (κ3) is 1.63. The summed E-state index contributed by atoms with van der Waals surface area (Å²) < 4.78 is 24.0. The minimum Gasteiger partial charge on any atom is -0.324 e. The summed E-state index contributed by atoms with van der Waals surface area (Å²) in [6.07, 6.45) is 0. The summed E-state index contributed by atoms with van der Waals surface area (Å²) in [4.78, 5) is 11.3. The number of halogens is 1. The number of fused-ring (bicyclic) bond motifs is 1. The summed E-state index contributed by atoms with van der Waals surface area (Å²) in [5, 5.41) is 2.53. The Morgan fingerprint density at radius 1 is 1.36 bits per heavy atom. The molecule has 0 saturated carbocycles. The van der Waals surface area contributed by atoms with Gasteiger partial charge >= 0.3 is 0 Å². The molecule has 0 aromatic heterocycles. The van der Waals surface area contributed by atoms with Crippen molar-refractivity contribution in [3.05, 3.63) is 21.8 Å². The number of amides is 1. The number of hydrogen-bond acceptors (Lipinski definition) is 3. The molecule has 0 saturated heterocycles. The number of rotatable bonds is 0. The maximum Gasteiger partial charge on any atom is 0.239 e. The van der Waals surface area contributed by atoms with Crippen LogP contribution in [0.15, 0.2) is 23.1 Å². The summed E-state index contributed by atoms with van der Waals surface area (Å²) in [6, 6.07) is 4.87. The molecule has 1 heterocycles. The second kappa shape index (κ2) is 3.20. The Morgan fingerprint density at radius 2 is 2.07 bits per heavy atom. The van der Waals surface area contributed by atoms with Crippen LogP contribution in [0.1, 0.15) is 0 Å². The van der Waals surface area contributed by atoms with Gasteiger partial charge in [-0.15, -0.1) is 0 Å². The number of carbonyl (C=O) groups excluding carboxylic acids is 1. The van der Waals surface area contributed by atoms with Crippen molar-refractivity contribution >= 4 is 44.0 Å². The van der Waals surface area contributed by atoms with Crippen molar-refractivity contribution in [1.82, 2.24) is 0 Å². The van der Waals surface area contributed by atoms with Crippen LogP contribution in [-0.4, -0.2) is 20.1 Å². The molecule has 6 heteroatoms. The fourth-order valence-electron chi connectivity index (χ4n) is 1.31. The fraction of sp³-hybridized carbons (Fsp3) is 0.125. The Bertz CT molecular complexity index is 509. The van der Waals surface area contributed by atoms with Crippen LogP contribution >= 0.6 is 22.6 Å². The average molecular weight is 323 g/mol. The van der Waals surface area contributed by atoms with Crippen LogP contribution in [0.4, 0.5) is 5.69 Å². The van der Waals surface area contributed by atoms with Gasteiger partial charge in [-0.25, -0.2) is 8.42 Å². The topological polar surface area (TPSA) is 63.2 Å². The van der Waals surface area contributed by atoms with E-state index in [-0.39, 0.29) is 4.90 Å². The first-order chi connectivity index (χ1) is 6.49. The lowest BCUT2D eigenvalue weighted by atomic mass is 10.3. The SMILES string of the molecule is O=C1CS(=O)(=O)c2ccc(I)cc2N1. The number of benzene rings is 1. The van der Waals surface area contributed by atoms with Crippen molar-refractivity contribution in [3.63, 3.8) is 0 Å². The first-order valence-corrected chi connectivity index (χ1v) is 6.54. The molecule has 1 aromatic carbocycles. The molecule has 14 heavy (non-hydrogen) atoms. The van der Waals surface area contributed by atoms with Gasteiger partial charge < -0.3 is 5.32 Å². The Hall–Kier alpha value is -0.630. The van der Waals surface area contributed by atoms with Gasteiger partial charge in [0.15, 0.2) is 9.84 Å². The molecule has 0 aliphatic carbocycles. The molecule has 4 nitrogen and oxygen atoms in total. The van der Waals surface area contributed by atoms with E-state index in [4.69, 9.17) is 0 Å². The van der Waals surface area contributed by atoms with Crippen molar-refractivity contribution in [2.75, 3.05) is 11.1 Å². The first kappa shape index (κ1) is 9.91. The van der Waals surface area contributed by atoms with Crippen LogP contribution < -0.4 is 5.32 Å². The van der Waals surface area contributed by atoms with Gasteiger partial charge in [0, 0.05) is 3.57 Å².